The number of nitrogens with one attached hydrogen (secondary N) is 1. The largest absolute Gasteiger partial charge is 0.396 e. The van der Waals surface area contributed by atoms with Crippen molar-refractivity contribution in [2.45, 2.75) is 25.8 Å². The van der Waals surface area contributed by atoms with Gasteiger partial charge in [0, 0.05) is 18.8 Å². The molecule has 4 nitrogen and oxygen atoms in total. The highest BCUT2D eigenvalue weighted by Gasteiger charge is 2.15. The second kappa shape index (κ2) is 6.17. The maximum atomic E-state index is 13.2. The van der Waals surface area contributed by atoms with Crippen molar-refractivity contribution >= 4 is 5.91 Å². The first-order valence-electron chi connectivity index (χ1n) is 5.21. The summed E-state index contributed by atoms with van der Waals surface area (Å²) in [5, 5.41) is 11.4. The van der Waals surface area contributed by atoms with E-state index in [0.717, 1.165) is 0 Å². The van der Waals surface area contributed by atoms with Crippen LogP contribution >= 0.6 is 0 Å². The molecule has 0 radical (unpaired) electrons. The monoisotopic (exact) mass is 226 g/mol. The van der Waals surface area contributed by atoms with Crippen LogP contribution in [0, 0.1) is 5.95 Å². The molecular formula is C11H15FN2O2. The molecule has 0 spiro atoms. The van der Waals surface area contributed by atoms with Crippen LogP contribution < -0.4 is 5.32 Å². The minimum atomic E-state index is -0.779. The van der Waals surface area contributed by atoms with Crippen molar-refractivity contribution in [1.29, 1.82) is 0 Å². The minimum Gasteiger partial charge on any atom is -0.396 e. The molecule has 0 aliphatic heterocycles. The van der Waals surface area contributed by atoms with E-state index in [9.17, 15) is 9.18 Å². The molecular weight excluding hydrogens is 211 g/mol. The Bertz CT molecular complexity index is 358. The van der Waals surface area contributed by atoms with Crippen LogP contribution in [0.3, 0.4) is 0 Å². The molecule has 1 aromatic heterocycles. The zero-order valence-electron chi connectivity index (χ0n) is 9.11. The van der Waals surface area contributed by atoms with Gasteiger partial charge in [-0.2, -0.15) is 4.39 Å². The van der Waals surface area contributed by atoms with Gasteiger partial charge in [0.05, 0.1) is 5.56 Å². The third-order valence-electron chi connectivity index (χ3n) is 2.31. The number of pyridine rings is 1. The van der Waals surface area contributed by atoms with Crippen LogP contribution in [-0.4, -0.2) is 28.6 Å². The molecule has 0 fully saturated rings. The van der Waals surface area contributed by atoms with Gasteiger partial charge in [-0.15, -0.1) is 0 Å². The van der Waals surface area contributed by atoms with E-state index in [1.165, 1.54) is 18.3 Å². The molecule has 2 N–H and O–H groups in total. The summed E-state index contributed by atoms with van der Waals surface area (Å²) in [4.78, 5) is 15.0. The van der Waals surface area contributed by atoms with Crippen LogP contribution in [0.5, 0.6) is 0 Å². The summed E-state index contributed by atoms with van der Waals surface area (Å²) >= 11 is 0. The van der Waals surface area contributed by atoms with Crippen molar-refractivity contribution < 1.29 is 14.3 Å². The lowest BCUT2D eigenvalue weighted by Gasteiger charge is -2.15. The number of halogens is 1. The average Bonchev–Trinajstić information content (AvgIpc) is 2.28. The van der Waals surface area contributed by atoms with Crippen LogP contribution in [0.2, 0.25) is 0 Å². The molecule has 1 heterocycles. The molecule has 0 saturated carbocycles. The number of hydrogen-bond donors (Lipinski definition) is 2. The maximum absolute atomic E-state index is 13.2. The lowest BCUT2D eigenvalue weighted by molar-refractivity contribution is 0.0924. The fourth-order valence-electron chi connectivity index (χ4n) is 1.35. The summed E-state index contributed by atoms with van der Waals surface area (Å²) in [5.74, 6) is -1.27. The summed E-state index contributed by atoms with van der Waals surface area (Å²) < 4.78 is 13.2. The van der Waals surface area contributed by atoms with Gasteiger partial charge >= 0.3 is 0 Å². The Morgan fingerprint density at radius 1 is 1.69 bits per heavy atom. The van der Waals surface area contributed by atoms with Crippen LogP contribution in [-0.2, 0) is 0 Å². The number of carbonyl (C=O) groups excluding carboxylic acids is 1. The van der Waals surface area contributed by atoms with Gasteiger partial charge in [0.25, 0.3) is 5.91 Å². The summed E-state index contributed by atoms with van der Waals surface area (Å²) in [5.41, 5.74) is -0.0705. The molecule has 1 atom stereocenters. The first-order chi connectivity index (χ1) is 7.69. The second-order valence-electron chi connectivity index (χ2n) is 3.43. The van der Waals surface area contributed by atoms with Gasteiger partial charge in [0.2, 0.25) is 5.95 Å². The summed E-state index contributed by atoms with van der Waals surface area (Å²) in [6.07, 6.45) is 2.44. The number of carbonyl (C=O) groups is 1. The third-order valence-corrected chi connectivity index (χ3v) is 2.31. The Labute approximate surface area is 93.5 Å². The standard InChI is InChI=1S/C11H15FN2O2/c1-2-8(5-7-15)14-11(16)9-4-3-6-13-10(9)12/h3-4,6,8,15H,2,5,7H2,1H3,(H,14,16). The predicted molar refractivity (Wildman–Crippen MR) is 57.4 cm³/mol. The smallest absolute Gasteiger partial charge is 0.256 e. The zero-order valence-corrected chi connectivity index (χ0v) is 9.11. The third kappa shape index (κ3) is 3.27. The molecule has 1 amide bonds. The highest BCUT2D eigenvalue weighted by atomic mass is 19.1. The Morgan fingerprint density at radius 2 is 2.44 bits per heavy atom. The molecule has 0 saturated heterocycles. The van der Waals surface area contributed by atoms with Gasteiger partial charge in [-0.05, 0) is 25.0 Å². The van der Waals surface area contributed by atoms with Gasteiger partial charge in [-0.25, -0.2) is 4.98 Å². The molecule has 88 valence electrons. The first kappa shape index (κ1) is 12.6. The number of aliphatic hydroxyl groups is 1. The van der Waals surface area contributed by atoms with Gasteiger partial charge in [-0.3, -0.25) is 4.79 Å². The Balaban J connectivity index is 2.68. The van der Waals surface area contributed by atoms with Crippen molar-refractivity contribution in [2.24, 2.45) is 0 Å². The second-order valence-corrected chi connectivity index (χ2v) is 3.43. The van der Waals surface area contributed by atoms with Crippen LogP contribution in [0.4, 0.5) is 4.39 Å². The molecule has 0 aliphatic carbocycles. The number of aliphatic hydroxyl groups excluding tert-OH is 1. The van der Waals surface area contributed by atoms with E-state index >= 15 is 0 Å². The van der Waals surface area contributed by atoms with Gasteiger partial charge < -0.3 is 10.4 Å². The molecule has 5 heteroatoms. The quantitative estimate of drug-likeness (QED) is 0.739. The minimum absolute atomic E-state index is 0.00565. The molecule has 0 aromatic carbocycles. The van der Waals surface area contributed by atoms with Crippen LogP contribution in [0.15, 0.2) is 18.3 Å². The fourth-order valence-corrected chi connectivity index (χ4v) is 1.35. The SMILES string of the molecule is CCC(CCO)NC(=O)c1cccnc1F. The average molecular weight is 226 g/mol. The predicted octanol–water partition coefficient (Wildman–Crippen LogP) is 1.11. The molecule has 1 unspecified atom stereocenters. The van der Waals surface area contributed by atoms with Crippen LogP contribution in [0.1, 0.15) is 30.1 Å². The zero-order chi connectivity index (χ0) is 12.0. The Hall–Kier alpha value is -1.49. The molecule has 0 bridgehead atoms. The lowest BCUT2D eigenvalue weighted by Crippen LogP contribution is -2.35. The number of hydrogen-bond acceptors (Lipinski definition) is 3. The molecule has 1 rings (SSSR count). The Morgan fingerprint density at radius 3 is 3.00 bits per heavy atom. The van der Waals surface area contributed by atoms with Crippen molar-refractivity contribution in [3.8, 4) is 0 Å². The molecule has 16 heavy (non-hydrogen) atoms. The number of nitrogens with zero attached hydrogens (tertiary/aromatic N) is 1. The van der Waals surface area contributed by atoms with E-state index in [1.807, 2.05) is 6.92 Å². The van der Waals surface area contributed by atoms with Gasteiger partial charge in [0.15, 0.2) is 0 Å². The number of aromatic nitrogens is 1. The molecule has 0 aliphatic rings. The highest BCUT2D eigenvalue weighted by Crippen LogP contribution is 2.05. The molecule has 1 aromatic rings. The van der Waals surface area contributed by atoms with E-state index in [1.54, 1.807) is 0 Å². The number of rotatable bonds is 5. The van der Waals surface area contributed by atoms with Crippen molar-refractivity contribution in [1.82, 2.24) is 10.3 Å². The van der Waals surface area contributed by atoms with E-state index in [2.05, 4.69) is 10.3 Å². The summed E-state index contributed by atoms with van der Waals surface area (Å²) in [6.45, 7) is 1.88. The van der Waals surface area contributed by atoms with E-state index in [-0.39, 0.29) is 18.2 Å². The highest BCUT2D eigenvalue weighted by molar-refractivity contribution is 5.94. The van der Waals surface area contributed by atoms with Crippen LogP contribution in [0.25, 0.3) is 0 Å². The number of amides is 1. The maximum Gasteiger partial charge on any atom is 0.256 e. The van der Waals surface area contributed by atoms with Gasteiger partial charge in [-0.1, -0.05) is 6.92 Å². The normalized spacial score (nSPS) is 12.2. The van der Waals surface area contributed by atoms with Crippen molar-refractivity contribution in [3.63, 3.8) is 0 Å². The fraction of sp³-hybridized carbons (Fsp3) is 0.455. The van der Waals surface area contributed by atoms with E-state index in [0.29, 0.717) is 12.8 Å². The van der Waals surface area contributed by atoms with E-state index < -0.39 is 11.9 Å². The summed E-state index contributed by atoms with van der Waals surface area (Å²) in [6, 6.07) is 2.74. The van der Waals surface area contributed by atoms with E-state index in [4.69, 9.17) is 5.11 Å². The first-order valence-corrected chi connectivity index (χ1v) is 5.21. The van der Waals surface area contributed by atoms with Crippen molar-refractivity contribution in [2.75, 3.05) is 6.61 Å². The van der Waals surface area contributed by atoms with Gasteiger partial charge in [0.1, 0.15) is 0 Å². The Kier molecular flexibility index (Phi) is 4.85. The summed E-state index contributed by atoms with van der Waals surface area (Å²) in [7, 11) is 0. The lowest BCUT2D eigenvalue weighted by atomic mass is 10.1. The topological polar surface area (TPSA) is 62.2 Å². The van der Waals surface area contributed by atoms with Crippen molar-refractivity contribution in [3.05, 3.63) is 29.8 Å².